The van der Waals surface area contributed by atoms with Gasteiger partial charge in [0.1, 0.15) is 5.76 Å². The van der Waals surface area contributed by atoms with Gasteiger partial charge in [0.05, 0.1) is 5.75 Å². The Balaban J connectivity index is 1.62. The van der Waals surface area contributed by atoms with Gasteiger partial charge in [0.25, 0.3) is 11.8 Å². The molecule has 0 aliphatic heterocycles. The van der Waals surface area contributed by atoms with Gasteiger partial charge in [0.15, 0.2) is 10.9 Å². The Hall–Kier alpha value is -3.00. The molecule has 2 amide bonds. The third-order valence-electron chi connectivity index (χ3n) is 4.64. The lowest BCUT2D eigenvalue weighted by Crippen LogP contribution is -2.30. The first-order valence-corrected chi connectivity index (χ1v) is 10.7. The molecular formula is C22H26N4O3S. The maximum atomic E-state index is 12.9. The van der Waals surface area contributed by atoms with E-state index in [1.54, 1.807) is 55.2 Å². The molecule has 0 spiro atoms. The Morgan fingerprint density at radius 2 is 1.83 bits per heavy atom. The lowest BCUT2D eigenvalue weighted by Gasteiger charge is -2.20. The van der Waals surface area contributed by atoms with E-state index in [4.69, 9.17) is 4.42 Å². The summed E-state index contributed by atoms with van der Waals surface area (Å²) in [5.74, 6) is 1.46. The summed E-state index contributed by atoms with van der Waals surface area (Å²) in [7, 11) is 5.38. The number of thioether (sulfide) groups is 1. The number of hydrogen-bond donors (Lipinski definition) is 0. The van der Waals surface area contributed by atoms with Gasteiger partial charge in [-0.15, -0.1) is 0 Å². The van der Waals surface area contributed by atoms with E-state index in [2.05, 4.69) is 4.98 Å². The van der Waals surface area contributed by atoms with Crippen LogP contribution in [0, 0.1) is 0 Å². The molecule has 2 aromatic heterocycles. The minimum atomic E-state index is -0.154. The first-order chi connectivity index (χ1) is 14.4. The summed E-state index contributed by atoms with van der Waals surface area (Å²) in [5, 5.41) is 0.894. The molecule has 1 aromatic carbocycles. The van der Waals surface area contributed by atoms with Crippen LogP contribution in [0.1, 0.15) is 39.2 Å². The fourth-order valence-electron chi connectivity index (χ4n) is 2.91. The largest absolute Gasteiger partial charge is 0.455 e. The third kappa shape index (κ3) is 5.13. The molecule has 0 fully saturated rings. The van der Waals surface area contributed by atoms with Crippen molar-refractivity contribution in [2.24, 2.45) is 7.05 Å². The lowest BCUT2D eigenvalue weighted by molar-refractivity contribution is 0.0718. The van der Waals surface area contributed by atoms with Crippen LogP contribution in [0.3, 0.4) is 0 Å². The number of rotatable bonds is 8. The number of amides is 2. The van der Waals surface area contributed by atoms with Gasteiger partial charge < -0.3 is 18.8 Å². The van der Waals surface area contributed by atoms with Gasteiger partial charge in [-0.25, -0.2) is 4.98 Å². The second-order valence-electron chi connectivity index (χ2n) is 7.09. The van der Waals surface area contributed by atoms with E-state index in [9.17, 15) is 9.59 Å². The van der Waals surface area contributed by atoms with Gasteiger partial charge >= 0.3 is 0 Å². The molecule has 2 heterocycles. The molecule has 0 bridgehead atoms. The summed E-state index contributed by atoms with van der Waals surface area (Å²) >= 11 is 1.56. The quantitative estimate of drug-likeness (QED) is 0.514. The summed E-state index contributed by atoms with van der Waals surface area (Å²) < 4.78 is 7.72. The highest BCUT2D eigenvalue weighted by Crippen LogP contribution is 2.22. The number of aromatic nitrogens is 2. The summed E-state index contributed by atoms with van der Waals surface area (Å²) in [6.07, 6.45) is 3.64. The zero-order valence-corrected chi connectivity index (χ0v) is 18.5. The number of nitrogens with zero attached hydrogens (tertiary/aromatic N) is 4. The van der Waals surface area contributed by atoms with Gasteiger partial charge in [-0.3, -0.25) is 9.59 Å². The molecular weight excluding hydrogens is 400 g/mol. The molecule has 3 rings (SSSR count). The van der Waals surface area contributed by atoms with Crippen molar-refractivity contribution in [2.45, 2.75) is 24.4 Å². The molecule has 0 aliphatic rings. The van der Waals surface area contributed by atoms with Crippen LogP contribution in [0.2, 0.25) is 0 Å². The van der Waals surface area contributed by atoms with Crippen LogP contribution < -0.4 is 0 Å². The molecule has 30 heavy (non-hydrogen) atoms. The van der Waals surface area contributed by atoms with E-state index in [0.29, 0.717) is 30.2 Å². The lowest BCUT2D eigenvalue weighted by atomic mass is 10.1. The minimum absolute atomic E-state index is 0.0449. The Morgan fingerprint density at radius 3 is 2.43 bits per heavy atom. The minimum Gasteiger partial charge on any atom is -0.455 e. The Bertz CT molecular complexity index is 1010. The molecule has 7 nitrogen and oxygen atoms in total. The van der Waals surface area contributed by atoms with Gasteiger partial charge in [-0.1, -0.05) is 23.9 Å². The van der Waals surface area contributed by atoms with Gasteiger partial charge in [-0.2, -0.15) is 0 Å². The number of carbonyl (C=O) groups excluding carboxylic acids is 2. The normalized spacial score (nSPS) is 10.8. The maximum absolute atomic E-state index is 12.9. The van der Waals surface area contributed by atoms with E-state index in [-0.39, 0.29) is 11.8 Å². The second-order valence-corrected chi connectivity index (χ2v) is 8.03. The number of aryl methyl sites for hydroxylation is 1. The van der Waals surface area contributed by atoms with Crippen molar-refractivity contribution in [3.8, 4) is 0 Å². The third-order valence-corrected chi connectivity index (χ3v) is 5.72. The van der Waals surface area contributed by atoms with E-state index in [1.807, 2.05) is 42.9 Å². The Morgan fingerprint density at radius 1 is 1.10 bits per heavy atom. The molecule has 0 saturated carbocycles. The van der Waals surface area contributed by atoms with E-state index in [0.717, 1.165) is 16.5 Å². The van der Waals surface area contributed by atoms with Gasteiger partial charge in [0.2, 0.25) is 0 Å². The van der Waals surface area contributed by atoms with E-state index in [1.165, 1.54) is 4.90 Å². The van der Waals surface area contributed by atoms with Crippen molar-refractivity contribution in [3.63, 3.8) is 0 Å². The molecule has 158 valence electrons. The smallest absolute Gasteiger partial charge is 0.289 e. The molecule has 0 saturated heterocycles. The van der Waals surface area contributed by atoms with Crippen LogP contribution in [0.4, 0.5) is 0 Å². The fraction of sp³-hybridized carbons (Fsp3) is 0.318. The van der Waals surface area contributed by atoms with Crippen molar-refractivity contribution >= 4 is 23.6 Å². The summed E-state index contributed by atoms with van der Waals surface area (Å²) in [4.78, 5) is 32.4. The summed E-state index contributed by atoms with van der Waals surface area (Å²) in [6.45, 7) is 2.93. The zero-order chi connectivity index (χ0) is 21.7. The van der Waals surface area contributed by atoms with Crippen LogP contribution in [0.5, 0.6) is 0 Å². The summed E-state index contributed by atoms with van der Waals surface area (Å²) in [6, 6.07) is 10.9. The van der Waals surface area contributed by atoms with Crippen LogP contribution >= 0.6 is 11.8 Å². The first-order valence-electron chi connectivity index (χ1n) is 9.67. The van der Waals surface area contributed by atoms with Crippen molar-refractivity contribution in [1.29, 1.82) is 0 Å². The highest BCUT2D eigenvalue weighted by atomic mass is 32.2. The fourth-order valence-corrected chi connectivity index (χ4v) is 3.74. The highest BCUT2D eigenvalue weighted by Gasteiger charge is 2.19. The van der Waals surface area contributed by atoms with Crippen molar-refractivity contribution in [3.05, 3.63) is 71.4 Å². The number of hydrogen-bond acceptors (Lipinski definition) is 5. The van der Waals surface area contributed by atoms with E-state index < -0.39 is 0 Å². The number of furan rings is 1. The molecule has 3 aromatic rings. The molecule has 8 heteroatoms. The molecule has 0 N–H and O–H groups in total. The zero-order valence-electron chi connectivity index (χ0n) is 17.7. The van der Waals surface area contributed by atoms with Gasteiger partial charge in [-0.05, 0) is 36.8 Å². The summed E-state index contributed by atoms with van der Waals surface area (Å²) in [5.41, 5.74) is 1.58. The topological polar surface area (TPSA) is 71.6 Å². The highest BCUT2D eigenvalue weighted by molar-refractivity contribution is 7.98. The SMILES string of the molecule is CCN(Cc1ccc(C(=O)N(C)C)cc1)C(=O)c1ccc(CSc2nccn2C)o1. The van der Waals surface area contributed by atoms with Crippen molar-refractivity contribution in [1.82, 2.24) is 19.4 Å². The predicted octanol–water partition coefficient (Wildman–Crippen LogP) is 3.67. The number of benzene rings is 1. The van der Waals surface area contributed by atoms with Crippen LogP contribution in [0.15, 0.2) is 58.4 Å². The van der Waals surface area contributed by atoms with Crippen LogP contribution in [-0.4, -0.2) is 51.8 Å². The van der Waals surface area contributed by atoms with Crippen LogP contribution in [0.25, 0.3) is 0 Å². The average Bonchev–Trinajstić information content (AvgIpc) is 3.38. The predicted molar refractivity (Wildman–Crippen MR) is 116 cm³/mol. The standard InChI is InChI=1S/C22H26N4O3S/c1-5-26(14-16-6-8-17(9-7-16)20(27)24(2)3)21(28)19-11-10-18(29-19)15-30-22-23-12-13-25(22)4/h6-13H,5,14-15H2,1-4H3. The average molecular weight is 427 g/mol. The molecule has 0 aliphatic carbocycles. The van der Waals surface area contributed by atoms with E-state index >= 15 is 0 Å². The second kappa shape index (κ2) is 9.67. The monoisotopic (exact) mass is 426 g/mol. The molecule has 0 atom stereocenters. The molecule has 0 radical (unpaired) electrons. The van der Waals surface area contributed by atoms with Crippen LogP contribution in [-0.2, 0) is 19.3 Å². The maximum Gasteiger partial charge on any atom is 0.289 e. The first kappa shape index (κ1) is 21.7. The number of carbonyl (C=O) groups is 2. The van der Waals surface area contributed by atoms with Gasteiger partial charge in [0, 0.05) is 52.2 Å². The Kier molecular flexibility index (Phi) is 6.99. The molecule has 0 unspecified atom stereocenters. The van der Waals surface area contributed by atoms with Crippen molar-refractivity contribution < 1.29 is 14.0 Å². The number of imidazole rings is 1. The Labute approximate surface area is 180 Å². The van der Waals surface area contributed by atoms with Crippen molar-refractivity contribution in [2.75, 3.05) is 20.6 Å².